The number of aromatic amines is 1. The Morgan fingerprint density at radius 2 is 1.64 bits per heavy atom. The fourth-order valence-corrected chi connectivity index (χ4v) is 2.74. The Morgan fingerprint density at radius 3 is 2.24 bits per heavy atom. The van der Waals surface area contributed by atoms with Gasteiger partial charge in [0.15, 0.2) is 0 Å². The topological polar surface area (TPSA) is 54.6 Å². The Kier molecular flexibility index (Phi) is 4.86. The molecular formula is C20H20N2O3. The number of hydrogen-bond acceptors (Lipinski definition) is 3. The number of carbonyl (C=O) groups excluding carboxylic acids is 1. The maximum atomic E-state index is 12.7. The van der Waals surface area contributed by atoms with E-state index >= 15 is 0 Å². The number of rotatable bonds is 5. The van der Waals surface area contributed by atoms with Crippen LogP contribution in [-0.2, 0) is 4.84 Å². The largest absolute Gasteiger partial charge is 0.497 e. The van der Waals surface area contributed by atoms with Gasteiger partial charge in [-0.2, -0.15) is 0 Å². The first-order valence-electron chi connectivity index (χ1n) is 7.89. The van der Waals surface area contributed by atoms with E-state index in [4.69, 9.17) is 9.57 Å². The smallest absolute Gasteiger partial charge is 0.294 e. The van der Waals surface area contributed by atoms with Gasteiger partial charge in [-0.3, -0.25) is 9.63 Å². The van der Waals surface area contributed by atoms with Crippen LogP contribution in [0.5, 0.6) is 5.75 Å². The molecule has 2 aromatic carbocycles. The van der Waals surface area contributed by atoms with E-state index in [2.05, 4.69) is 4.98 Å². The van der Waals surface area contributed by atoms with Crippen molar-refractivity contribution < 1.29 is 14.4 Å². The molecule has 0 radical (unpaired) electrons. The first-order valence-corrected chi connectivity index (χ1v) is 7.89. The maximum Gasteiger partial charge on any atom is 0.294 e. The van der Waals surface area contributed by atoms with Gasteiger partial charge in [-0.15, -0.1) is 0 Å². The van der Waals surface area contributed by atoms with Crippen LogP contribution in [0.25, 0.3) is 22.3 Å². The van der Waals surface area contributed by atoms with Gasteiger partial charge in [-0.05, 0) is 23.3 Å². The van der Waals surface area contributed by atoms with E-state index in [0.717, 1.165) is 28.0 Å². The number of benzene rings is 2. The highest BCUT2D eigenvalue weighted by Gasteiger charge is 2.22. The van der Waals surface area contributed by atoms with Gasteiger partial charge < -0.3 is 9.72 Å². The Labute approximate surface area is 146 Å². The third-order valence-corrected chi connectivity index (χ3v) is 4.12. The van der Waals surface area contributed by atoms with Crippen molar-refractivity contribution in [3.8, 4) is 28.0 Å². The normalized spacial score (nSPS) is 10.5. The van der Waals surface area contributed by atoms with Gasteiger partial charge in [0.2, 0.25) is 0 Å². The fraction of sp³-hybridized carbons (Fsp3) is 0.150. The Morgan fingerprint density at radius 1 is 0.960 bits per heavy atom. The molecule has 1 amide bonds. The fourth-order valence-electron chi connectivity index (χ4n) is 2.74. The number of methoxy groups -OCH3 is 1. The van der Waals surface area contributed by atoms with Crippen molar-refractivity contribution in [1.29, 1.82) is 0 Å². The molecule has 1 heterocycles. The highest BCUT2D eigenvalue weighted by Crippen LogP contribution is 2.36. The number of aromatic nitrogens is 1. The summed E-state index contributed by atoms with van der Waals surface area (Å²) < 4.78 is 5.23. The number of hydrogen-bond donors (Lipinski definition) is 1. The van der Waals surface area contributed by atoms with Crippen LogP contribution in [0, 0.1) is 0 Å². The van der Waals surface area contributed by atoms with Gasteiger partial charge in [0.25, 0.3) is 5.91 Å². The summed E-state index contributed by atoms with van der Waals surface area (Å²) >= 11 is 0. The van der Waals surface area contributed by atoms with Crippen LogP contribution in [0.2, 0.25) is 0 Å². The van der Waals surface area contributed by atoms with Crippen molar-refractivity contribution in [2.75, 3.05) is 21.3 Å². The van der Waals surface area contributed by atoms with Gasteiger partial charge in [-0.1, -0.05) is 42.5 Å². The summed E-state index contributed by atoms with van der Waals surface area (Å²) in [5.41, 5.74) is 4.23. The van der Waals surface area contributed by atoms with Crippen LogP contribution in [0.4, 0.5) is 0 Å². The lowest BCUT2D eigenvalue weighted by Gasteiger charge is -2.15. The average Bonchev–Trinajstić information content (AvgIpc) is 3.12. The molecule has 0 spiro atoms. The third-order valence-electron chi connectivity index (χ3n) is 4.12. The van der Waals surface area contributed by atoms with E-state index in [1.807, 2.05) is 60.8 Å². The van der Waals surface area contributed by atoms with Crippen molar-refractivity contribution >= 4 is 5.91 Å². The molecule has 5 heteroatoms. The average molecular weight is 336 g/mol. The Bertz CT molecular complexity index is 854. The number of H-pyrrole nitrogens is 1. The standard InChI is InChI=1S/C20H20N2O3/c1-22(25-3)20(23)19-18(15-9-11-16(24-2)12-10-15)17(13-21-19)14-7-5-4-6-8-14/h4-13,21H,1-3H3. The monoisotopic (exact) mass is 336 g/mol. The molecule has 3 rings (SSSR count). The molecule has 0 saturated carbocycles. The predicted octanol–water partition coefficient (Wildman–Crippen LogP) is 3.99. The van der Waals surface area contributed by atoms with E-state index in [1.165, 1.54) is 12.2 Å². The number of nitrogens with zero attached hydrogens (tertiary/aromatic N) is 1. The molecule has 5 nitrogen and oxygen atoms in total. The minimum absolute atomic E-state index is 0.240. The van der Waals surface area contributed by atoms with E-state index in [0.29, 0.717) is 5.69 Å². The van der Waals surface area contributed by atoms with Gasteiger partial charge >= 0.3 is 0 Å². The Balaban J connectivity index is 2.17. The molecule has 0 saturated heterocycles. The van der Waals surface area contributed by atoms with Crippen LogP contribution in [0.1, 0.15) is 10.5 Å². The highest BCUT2D eigenvalue weighted by molar-refractivity contribution is 6.03. The van der Waals surface area contributed by atoms with Gasteiger partial charge in [-0.25, -0.2) is 5.06 Å². The molecule has 0 bridgehead atoms. The molecule has 25 heavy (non-hydrogen) atoms. The summed E-state index contributed by atoms with van der Waals surface area (Å²) in [4.78, 5) is 20.8. The lowest BCUT2D eigenvalue weighted by atomic mass is 9.96. The number of hydroxylamine groups is 2. The van der Waals surface area contributed by atoms with Gasteiger partial charge in [0, 0.05) is 24.4 Å². The summed E-state index contributed by atoms with van der Waals surface area (Å²) in [6.07, 6.45) is 1.85. The lowest BCUT2D eigenvalue weighted by molar-refractivity contribution is -0.0759. The Hall–Kier alpha value is -3.05. The SMILES string of the molecule is COc1ccc(-c2c(-c3ccccc3)c[nH]c2C(=O)N(C)OC)cc1. The minimum atomic E-state index is -0.240. The molecule has 0 unspecified atom stereocenters. The first-order chi connectivity index (χ1) is 12.2. The molecule has 0 aliphatic heterocycles. The molecule has 128 valence electrons. The molecular weight excluding hydrogens is 316 g/mol. The van der Waals surface area contributed by atoms with E-state index in [1.54, 1.807) is 14.2 Å². The van der Waals surface area contributed by atoms with Crippen molar-refractivity contribution in [3.05, 3.63) is 66.5 Å². The summed E-state index contributed by atoms with van der Waals surface area (Å²) in [6, 6.07) is 17.6. The molecule has 0 aliphatic carbocycles. The van der Waals surface area contributed by atoms with Gasteiger partial charge in [0.05, 0.1) is 14.2 Å². The molecule has 3 aromatic rings. The second-order valence-electron chi connectivity index (χ2n) is 5.53. The summed E-state index contributed by atoms with van der Waals surface area (Å²) in [5, 5.41) is 1.20. The predicted molar refractivity (Wildman–Crippen MR) is 97.3 cm³/mol. The van der Waals surface area contributed by atoms with Crippen LogP contribution < -0.4 is 4.74 Å². The minimum Gasteiger partial charge on any atom is -0.497 e. The lowest BCUT2D eigenvalue weighted by Crippen LogP contribution is -2.26. The van der Waals surface area contributed by atoms with Crippen LogP contribution in [0.15, 0.2) is 60.8 Å². The number of carbonyl (C=O) groups is 1. The van der Waals surface area contributed by atoms with Crippen LogP contribution >= 0.6 is 0 Å². The second kappa shape index (κ2) is 7.23. The van der Waals surface area contributed by atoms with Crippen molar-refractivity contribution in [2.45, 2.75) is 0 Å². The number of amides is 1. The zero-order chi connectivity index (χ0) is 17.8. The quantitative estimate of drug-likeness (QED) is 0.717. The van der Waals surface area contributed by atoms with Crippen LogP contribution in [0.3, 0.4) is 0 Å². The van der Waals surface area contributed by atoms with Crippen LogP contribution in [-0.4, -0.2) is 37.2 Å². The van der Waals surface area contributed by atoms with E-state index < -0.39 is 0 Å². The third kappa shape index (κ3) is 3.27. The molecule has 1 N–H and O–H groups in total. The zero-order valence-corrected chi connectivity index (χ0v) is 14.4. The maximum absolute atomic E-state index is 12.7. The molecule has 0 atom stereocenters. The number of ether oxygens (including phenoxy) is 1. The van der Waals surface area contributed by atoms with Crippen molar-refractivity contribution in [3.63, 3.8) is 0 Å². The molecule has 0 fully saturated rings. The summed E-state index contributed by atoms with van der Waals surface area (Å²) in [5.74, 6) is 0.526. The first kappa shape index (κ1) is 16.8. The summed E-state index contributed by atoms with van der Waals surface area (Å²) in [6.45, 7) is 0. The number of nitrogens with one attached hydrogen (secondary N) is 1. The van der Waals surface area contributed by atoms with E-state index in [9.17, 15) is 4.79 Å². The van der Waals surface area contributed by atoms with Crippen molar-refractivity contribution in [2.24, 2.45) is 0 Å². The molecule has 0 aliphatic rings. The highest BCUT2D eigenvalue weighted by atomic mass is 16.7. The van der Waals surface area contributed by atoms with Gasteiger partial charge in [0.1, 0.15) is 11.4 Å². The van der Waals surface area contributed by atoms with Crippen molar-refractivity contribution in [1.82, 2.24) is 10.0 Å². The van der Waals surface area contributed by atoms with E-state index in [-0.39, 0.29) is 5.91 Å². The summed E-state index contributed by atoms with van der Waals surface area (Å²) in [7, 11) is 4.68. The zero-order valence-electron chi connectivity index (χ0n) is 14.4. The second-order valence-corrected chi connectivity index (χ2v) is 5.53. The molecule has 1 aromatic heterocycles.